The molecule has 0 bridgehead atoms. The van der Waals surface area contributed by atoms with Gasteiger partial charge in [-0.3, -0.25) is 4.79 Å². The molecular weight excluding hydrogens is 244 g/mol. The molecule has 1 aromatic carbocycles. The lowest BCUT2D eigenvalue weighted by atomic mass is 10.1. The Morgan fingerprint density at radius 1 is 1.26 bits per heavy atom. The van der Waals surface area contributed by atoms with Crippen LogP contribution in [-0.2, 0) is 9.47 Å². The van der Waals surface area contributed by atoms with Gasteiger partial charge >= 0.3 is 0 Å². The molecule has 1 aromatic heterocycles. The molecule has 0 fully saturated rings. The Labute approximate surface area is 111 Å². The molecule has 1 heterocycles. The predicted molar refractivity (Wildman–Crippen MR) is 73.0 cm³/mol. The highest BCUT2D eigenvalue weighted by atomic mass is 16.7. The van der Waals surface area contributed by atoms with Crippen LogP contribution in [0.2, 0.25) is 0 Å². The topological polar surface area (TPSA) is 63.4 Å². The summed E-state index contributed by atoms with van der Waals surface area (Å²) in [6, 6.07) is 7.27. The molecule has 0 aliphatic carbocycles. The average molecular weight is 262 g/mol. The number of rotatable bonds is 5. The van der Waals surface area contributed by atoms with Crippen LogP contribution < -0.4 is 5.32 Å². The van der Waals surface area contributed by atoms with Gasteiger partial charge in [-0.1, -0.05) is 6.07 Å². The first kappa shape index (κ1) is 13.6. The fourth-order valence-corrected chi connectivity index (χ4v) is 2.05. The van der Waals surface area contributed by atoms with E-state index in [1.807, 2.05) is 31.3 Å². The van der Waals surface area contributed by atoms with Crippen molar-refractivity contribution in [3.63, 3.8) is 0 Å². The Kier molecular flexibility index (Phi) is 4.19. The van der Waals surface area contributed by atoms with Gasteiger partial charge in [0, 0.05) is 31.5 Å². The maximum absolute atomic E-state index is 12.1. The Hall–Kier alpha value is -1.85. The molecule has 2 aromatic rings. The van der Waals surface area contributed by atoms with Gasteiger partial charge in [-0.25, -0.2) is 0 Å². The molecule has 2 rings (SSSR count). The molecular formula is C14H18N2O3. The average Bonchev–Trinajstić information content (AvgIpc) is 2.87. The number of aromatic nitrogens is 1. The SMILES string of the molecule is COC(OC)C(C)NC(=O)c1ccc2cc[nH]c2c1. The lowest BCUT2D eigenvalue weighted by Crippen LogP contribution is -2.42. The van der Waals surface area contributed by atoms with E-state index in [2.05, 4.69) is 10.3 Å². The zero-order valence-electron chi connectivity index (χ0n) is 11.3. The van der Waals surface area contributed by atoms with Crippen LogP contribution in [0.4, 0.5) is 0 Å². The molecule has 5 nitrogen and oxygen atoms in total. The summed E-state index contributed by atoms with van der Waals surface area (Å²) in [5, 5.41) is 3.93. The number of hydrogen-bond donors (Lipinski definition) is 2. The van der Waals surface area contributed by atoms with Crippen LogP contribution in [-0.4, -0.2) is 37.4 Å². The Morgan fingerprint density at radius 2 is 2.00 bits per heavy atom. The summed E-state index contributed by atoms with van der Waals surface area (Å²) in [6.07, 6.45) is 1.39. The number of H-pyrrole nitrogens is 1. The van der Waals surface area contributed by atoms with Crippen LogP contribution in [0.25, 0.3) is 10.9 Å². The first-order valence-electron chi connectivity index (χ1n) is 6.09. The van der Waals surface area contributed by atoms with E-state index in [9.17, 15) is 4.79 Å². The predicted octanol–water partition coefficient (Wildman–Crippen LogP) is 1.91. The number of methoxy groups -OCH3 is 2. The standard InChI is InChI=1S/C14H18N2O3/c1-9(14(18-2)19-3)16-13(17)11-5-4-10-6-7-15-12(10)8-11/h4-9,14-15H,1-3H3,(H,16,17). The molecule has 0 aliphatic heterocycles. The van der Waals surface area contributed by atoms with Crippen LogP contribution in [0.1, 0.15) is 17.3 Å². The van der Waals surface area contributed by atoms with Crippen molar-refractivity contribution >= 4 is 16.8 Å². The van der Waals surface area contributed by atoms with Crippen molar-refractivity contribution in [1.29, 1.82) is 0 Å². The van der Waals surface area contributed by atoms with E-state index in [1.54, 1.807) is 20.3 Å². The zero-order valence-corrected chi connectivity index (χ0v) is 11.3. The lowest BCUT2D eigenvalue weighted by Gasteiger charge is -2.22. The van der Waals surface area contributed by atoms with E-state index in [-0.39, 0.29) is 11.9 Å². The largest absolute Gasteiger partial charge is 0.361 e. The van der Waals surface area contributed by atoms with E-state index < -0.39 is 6.29 Å². The molecule has 1 atom stereocenters. The number of benzene rings is 1. The second-order valence-electron chi connectivity index (χ2n) is 4.38. The number of nitrogens with one attached hydrogen (secondary N) is 2. The van der Waals surface area contributed by atoms with E-state index in [0.29, 0.717) is 5.56 Å². The molecule has 102 valence electrons. The van der Waals surface area contributed by atoms with E-state index in [0.717, 1.165) is 10.9 Å². The maximum Gasteiger partial charge on any atom is 0.251 e. The molecule has 0 aliphatic rings. The molecule has 1 amide bonds. The summed E-state index contributed by atoms with van der Waals surface area (Å²) in [7, 11) is 3.09. The Morgan fingerprint density at radius 3 is 2.68 bits per heavy atom. The second-order valence-corrected chi connectivity index (χ2v) is 4.38. The van der Waals surface area contributed by atoms with Gasteiger partial charge in [-0.05, 0) is 30.5 Å². The first-order valence-corrected chi connectivity index (χ1v) is 6.09. The van der Waals surface area contributed by atoms with Gasteiger partial charge in [0.25, 0.3) is 5.91 Å². The third-order valence-electron chi connectivity index (χ3n) is 3.05. The number of carbonyl (C=O) groups is 1. The normalized spacial score (nSPS) is 12.8. The first-order chi connectivity index (χ1) is 9.15. The quantitative estimate of drug-likeness (QED) is 0.809. The van der Waals surface area contributed by atoms with E-state index >= 15 is 0 Å². The van der Waals surface area contributed by atoms with Crippen molar-refractivity contribution in [3.05, 3.63) is 36.0 Å². The Balaban J connectivity index is 2.10. The fourth-order valence-electron chi connectivity index (χ4n) is 2.05. The molecule has 0 saturated heterocycles. The highest BCUT2D eigenvalue weighted by Crippen LogP contribution is 2.14. The van der Waals surface area contributed by atoms with Crippen LogP contribution in [0.5, 0.6) is 0 Å². The number of carbonyl (C=O) groups excluding carboxylic acids is 1. The van der Waals surface area contributed by atoms with Gasteiger partial charge in [0.15, 0.2) is 6.29 Å². The van der Waals surface area contributed by atoms with E-state index in [1.165, 1.54) is 0 Å². The molecule has 5 heteroatoms. The van der Waals surface area contributed by atoms with Gasteiger partial charge in [-0.15, -0.1) is 0 Å². The number of fused-ring (bicyclic) bond motifs is 1. The summed E-state index contributed by atoms with van der Waals surface area (Å²) in [5.74, 6) is -0.150. The number of ether oxygens (including phenoxy) is 2. The van der Waals surface area contributed by atoms with Crippen LogP contribution in [0.15, 0.2) is 30.5 Å². The van der Waals surface area contributed by atoms with Crippen molar-refractivity contribution in [2.24, 2.45) is 0 Å². The minimum Gasteiger partial charge on any atom is -0.361 e. The van der Waals surface area contributed by atoms with Gasteiger partial charge in [0.05, 0.1) is 6.04 Å². The summed E-state index contributed by atoms with van der Waals surface area (Å²) < 4.78 is 10.2. The summed E-state index contributed by atoms with van der Waals surface area (Å²) >= 11 is 0. The van der Waals surface area contributed by atoms with E-state index in [4.69, 9.17) is 9.47 Å². The molecule has 1 unspecified atom stereocenters. The van der Waals surface area contributed by atoms with Crippen LogP contribution in [0, 0.1) is 0 Å². The van der Waals surface area contributed by atoms with Crippen molar-refractivity contribution in [2.75, 3.05) is 14.2 Å². The summed E-state index contributed by atoms with van der Waals surface area (Å²) in [5.41, 5.74) is 1.54. The highest BCUT2D eigenvalue weighted by molar-refractivity contribution is 5.98. The smallest absolute Gasteiger partial charge is 0.251 e. The zero-order chi connectivity index (χ0) is 13.8. The Bertz CT molecular complexity index is 561. The van der Waals surface area contributed by atoms with Crippen molar-refractivity contribution in [3.8, 4) is 0 Å². The van der Waals surface area contributed by atoms with Gasteiger partial charge in [0.1, 0.15) is 0 Å². The minimum atomic E-state index is -0.460. The number of aromatic amines is 1. The fraction of sp³-hybridized carbons (Fsp3) is 0.357. The molecule has 0 saturated carbocycles. The molecule has 0 radical (unpaired) electrons. The summed E-state index contributed by atoms with van der Waals surface area (Å²) in [4.78, 5) is 15.2. The van der Waals surface area contributed by atoms with Crippen molar-refractivity contribution < 1.29 is 14.3 Å². The van der Waals surface area contributed by atoms with Crippen molar-refractivity contribution in [2.45, 2.75) is 19.3 Å². The van der Waals surface area contributed by atoms with Gasteiger partial charge < -0.3 is 19.8 Å². The monoisotopic (exact) mass is 262 g/mol. The third-order valence-corrected chi connectivity index (χ3v) is 3.05. The lowest BCUT2D eigenvalue weighted by molar-refractivity contribution is -0.117. The second kappa shape index (κ2) is 5.86. The third kappa shape index (κ3) is 2.94. The van der Waals surface area contributed by atoms with Gasteiger partial charge in [0.2, 0.25) is 0 Å². The molecule has 2 N–H and O–H groups in total. The minimum absolute atomic E-state index is 0.150. The number of hydrogen-bond acceptors (Lipinski definition) is 3. The number of amides is 1. The van der Waals surface area contributed by atoms with Gasteiger partial charge in [-0.2, -0.15) is 0 Å². The van der Waals surface area contributed by atoms with Crippen LogP contribution >= 0.6 is 0 Å². The maximum atomic E-state index is 12.1. The highest BCUT2D eigenvalue weighted by Gasteiger charge is 2.18. The van der Waals surface area contributed by atoms with Crippen molar-refractivity contribution in [1.82, 2.24) is 10.3 Å². The van der Waals surface area contributed by atoms with Crippen LogP contribution in [0.3, 0.4) is 0 Å². The summed E-state index contributed by atoms with van der Waals surface area (Å²) in [6.45, 7) is 1.84. The molecule has 19 heavy (non-hydrogen) atoms. The molecule has 0 spiro atoms.